The van der Waals surface area contributed by atoms with Crippen molar-refractivity contribution in [2.75, 3.05) is 6.61 Å². The van der Waals surface area contributed by atoms with Crippen molar-refractivity contribution in [1.29, 1.82) is 0 Å². The average Bonchev–Trinajstić information content (AvgIpc) is 3.20. The molecule has 0 radical (unpaired) electrons. The van der Waals surface area contributed by atoms with Crippen LogP contribution in [0.3, 0.4) is 0 Å². The molecule has 0 saturated heterocycles. The molecule has 2 aromatic rings. The number of rotatable bonds is 12. The van der Waals surface area contributed by atoms with Crippen molar-refractivity contribution in [3.63, 3.8) is 0 Å². The monoisotopic (exact) mass is 487 g/mol. The van der Waals surface area contributed by atoms with Crippen molar-refractivity contribution in [3.8, 4) is 11.5 Å². The van der Waals surface area contributed by atoms with Gasteiger partial charge in [-0.1, -0.05) is 30.7 Å². The third kappa shape index (κ3) is 6.96. The maximum Gasteiger partial charge on any atom is 0.370 e. The highest BCUT2D eigenvalue weighted by Crippen LogP contribution is 2.70. The Kier molecular flexibility index (Phi) is 9.20. The van der Waals surface area contributed by atoms with Gasteiger partial charge >= 0.3 is 15.2 Å². The number of hydrogen-bond acceptors (Lipinski definition) is 5. The fourth-order valence-electron chi connectivity index (χ4n) is 3.22. The molecule has 32 heavy (non-hydrogen) atoms. The lowest BCUT2D eigenvalue weighted by atomic mass is 10.0. The van der Waals surface area contributed by atoms with Gasteiger partial charge in [-0.05, 0) is 56.7 Å². The van der Waals surface area contributed by atoms with Crippen LogP contribution in [0.4, 0.5) is 0 Å². The SMILES string of the molecule is CC(C)=CCC[C@H](C)CCOC(Cc1ccc(-c2ncco2)cc1)(P(=O)(O)O)P(=O)(O)O. The summed E-state index contributed by atoms with van der Waals surface area (Å²) in [7, 11) is -10.7. The van der Waals surface area contributed by atoms with Gasteiger partial charge in [-0.25, -0.2) is 4.98 Å². The Morgan fingerprint density at radius 2 is 1.75 bits per heavy atom. The van der Waals surface area contributed by atoms with Crippen LogP contribution < -0.4 is 0 Å². The van der Waals surface area contributed by atoms with E-state index in [4.69, 9.17) is 9.15 Å². The molecule has 9 nitrogen and oxygen atoms in total. The van der Waals surface area contributed by atoms with Gasteiger partial charge in [0.25, 0.3) is 5.08 Å². The highest BCUT2D eigenvalue weighted by Gasteiger charge is 2.61. The van der Waals surface area contributed by atoms with Gasteiger partial charge in [0, 0.05) is 18.6 Å². The Hall–Kier alpha value is -1.57. The molecule has 0 amide bonds. The van der Waals surface area contributed by atoms with E-state index in [0.29, 0.717) is 23.4 Å². The molecule has 0 spiro atoms. The van der Waals surface area contributed by atoms with Crippen LogP contribution in [0, 0.1) is 5.92 Å². The first-order valence-electron chi connectivity index (χ1n) is 10.2. The van der Waals surface area contributed by atoms with Gasteiger partial charge in [-0.2, -0.15) is 0 Å². The van der Waals surface area contributed by atoms with Gasteiger partial charge in [0.05, 0.1) is 6.20 Å². The maximum absolute atomic E-state index is 12.3. The van der Waals surface area contributed by atoms with Crippen molar-refractivity contribution >= 4 is 15.2 Å². The molecule has 0 aliphatic carbocycles. The quantitative estimate of drug-likeness (QED) is 0.247. The van der Waals surface area contributed by atoms with Crippen molar-refractivity contribution < 1.29 is 37.9 Å². The summed E-state index contributed by atoms with van der Waals surface area (Å²) in [5, 5.41) is -2.95. The Labute approximate surface area is 187 Å². The molecule has 1 aromatic carbocycles. The van der Waals surface area contributed by atoms with Gasteiger partial charge in [-0.3, -0.25) is 9.13 Å². The summed E-state index contributed by atoms with van der Waals surface area (Å²) in [5.41, 5.74) is 2.11. The third-order valence-corrected chi connectivity index (χ3v) is 9.09. The summed E-state index contributed by atoms with van der Waals surface area (Å²) in [6.45, 7) is 5.76. The fourth-order valence-corrected chi connectivity index (χ4v) is 5.87. The molecule has 2 rings (SSSR count). The number of ether oxygens (including phenoxy) is 1. The highest BCUT2D eigenvalue weighted by molar-refractivity contribution is 7.72. The average molecular weight is 487 g/mol. The summed E-state index contributed by atoms with van der Waals surface area (Å²) in [4.78, 5) is 43.8. The topological polar surface area (TPSA) is 150 Å². The molecule has 4 N–H and O–H groups in total. The van der Waals surface area contributed by atoms with E-state index in [0.717, 1.165) is 12.8 Å². The molecule has 11 heteroatoms. The van der Waals surface area contributed by atoms with Crippen LogP contribution in [0.15, 0.2) is 52.8 Å². The lowest BCUT2D eigenvalue weighted by molar-refractivity contribution is 0.0299. The second-order valence-electron chi connectivity index (χ2n) is 8.14. The Morgan fingerprint density at radius 1 is 1.12 bits per heavy atom. The smallest absolute Gasteiger partial charge is 0.370 e. The van der Waals surface area contributed by atoms with Gasteiger partial charge in [0.1, 0.15) is 6.26 Å². The zero-order chi connectivity index (χ0) is 24.0. The summed E-state index contributed by atoms with van der Waals surface area (Å²) < 4.78 is 35.2. The minimum absolute atomic E-state index is 0.150. The predicted molar refractivity (Wildman–Crippen MR) is 121 cm³/mol. The molecule has 178 valence electrons. The van der Waals surface area contributed by atoms with Crippen LogP contribution in [0.1, 0.15) is 45.6 Å². The molecular weight excluding hydrogens is 456 g/mol. The minimum atomic E-state index is -5.37. The second-order valence-corrected chi connectivity index (χ2v) is 12.1. The number of hydrogen-bond donors (Lipinski definition) is 4. The third-order valence-electron chi connectivity index (χ3n) is 5.13. The zero-order valence-corrected chi connectivity index (χ0v) is 20.2. The molecule has 0 aliphatic heterocycles. The van der Waals surface area contributed by atoms with Crippen LogP contribution in [0.25, 0.3) is 11.5 Å². The first-order valence-corrected chi connectivity index (χ1v) is 13.5. The maximum atomic E-state index is 12.3. The molecule has 0 aliphatic rings. The molecule has 0 saturated carbocycles. The predicted octanol–water partition coefficient (Wildman–Crippen LogP) is 4.68. The number of allylic oxidation sites excluding steroid dienone is 2. The lowest BCUT2D eigenvalue weighted by Gasteiger charge is -2.34. The van der Waals surface area contributed by atoms with Crippen molar-refractivity contribution in [2.24, 2.45) is 5.92 Å². The summed E-state index contributed by atoms with van der Waals surface area (Å²) in [6, 6.07) is 6.20. The summed E-state index contributed by atoms with van der Waals surface area (Å²) in [5.74, 6) is 0.503. The van der Waals surface area contributed by atoms with E-state index in [1.807, 2.05) is 20.8 Å². The van der Waals surface area contributed by atoms with Crippen molar-refractivity contribution in [2.45, 2.75) is 51.5 Å². The van der Waals surface area contributed by atoms with Gasteiger partial charge < -0.3 is 28.7 Å². The van der Waals surface area contributed by atoms with Crippen LogP contribution >= 0.6 is 15.2 Å². The summed E-state index contributed by atoms with van der Waals surface area (Å²) in [6.07, 6.45) is 6.41. The number of benzene rings is 1. The van der Waals surface area contributed by atoms with Crippen LogP contribution in [0.2, 0.25) is 0 Å². The highest BCUT2D eigenvalue weighted by atomic mass is 31.2. The van der Waals surface area contributed by atoms with E-state index in [2.05, 4.69) is 11.1 Å². The van der Waals surface area contributed by atoms with Crippen LogP contribution in [-0.4, -0.2) is 36.2 Å². The standard InChI is InChI=1S/C21H31NO8P2/c1-16(2)5-4-6-17(3)11-13-30-21(31(23,24)25,32(26,27)28)15-18-7-9-19(10-8-18)20-22-12-14-29-20/h5,7-10,12,14,17H,4,6,11,13,15H2,1-3H3,(H2,23,24,25)(H2,26,27,28)/t17-/m0/s1. The number of oxazole rings is 1. The van der Waals surface area contributed by atoms with E-state index in [1.54, 1.807) is 12.1 Å². The first kappa shape index (κ1) is 26.7. The Morgan fingerprint density at radius 3 is 2.25 bits per heavy atom. The van der Waals surface area contributed by atoms with E-state index >= 15 is 0 Å². The molecule has 0 unspecified atom stereocenters. The minimum Gasteiger partial charge on any atom is -0.445 e. The molecule has 0 bridgehead atoms. The number of nitrogens with zero attached hydrogens (tertiary/aromatic N) is 1. The van der Waals surface area contributed by atoms with Crippen molar-refractivity contribution in [3.05, 3.63) is 53.9 Å². The Bertz CT molecular complexity index is 950. The van der Waals surface area contributed by atoms with Crippen LogP contribution in [-0.2, 0) is 20.3 Å². The normalized spacial score (nSPS) is 13.7. The van der Waals surface area contributed by atoms with E-state index in [9.17, 15) is 28.7 Å². The Balaban J connectivity index is 2.19. The molecule has 1 aromatic heterocycles. The number of aromatic nitrogens is 1. The molecule has 1 atom stereocenters. The lowest BCUT2D eigenvalue weighted by Crippen LogP contribution is -2.36. The van der Waals surface area contributed by atoms with Gasteiger partial charge in [-0.15, -0.1) is 0 Å². The van der Waals surface area contributed by atoms with Gasteiger partial charge in [0.2, 0.25) is 5.89 Å². The van der Waals surface area contributed by atoms with Crippen LogP contribution in [0.5, 0.6) is 0 Å². The zero-order valence-electron chi connectivity index (χ0n) is 18.4. The van der Waals surface area contributed by atoms with Crippen molar-refractivity contribution in [1.82, 2.24) is 4.98 Å². The molecular formula is C21H31NO8P2. The van der Waals surface area contributed by atoms with Gasteiger partial charge in [0.15, 0.2) is 0 Å². The second kappa shape index (κ2) is 11.0. The van der Waals surface area contributed by atoms with E-state index in [-0.39, 0.29) is 12.5 Å². The molecule has 0 fully saturated rings. The summed E-state index contributed by atoms with van der Waals surface area (Å²) >= 11 is 0. The molecule has 1 heterocycles. The van der Waals surface area contributed by atoms with E-state index in [1.165, 1.54) is 30.2 Å². The fraction of sp³-hybridized carbons (Fsp3) is 0.476. The van der Waals surface area contributed by atoms with E-state index < -0.39 is 26.7 Å². The first-order chi connectivity index (χ1) is 14.9. The largest absolute Gasteiger partial charge is 0.445 e.